The van der Waals surface area contributed by atoms with E-state index in [1.807, 2.05) is 6.92 Å². The van der Waals surface area contributed by atoms with Gasteiger partial charge in [-0.15, -0.1) is 0 Å². The van der Waals surface area contributed by atoms with Crippen molar-refractivity contribution in [3.8, 4) is 0 Å². The van der Waals surface area contributed by atoms with Crippen LogP contribution in [0.3, 0.4) is 0 Å². The summed E-state index contributed by atoms with van der Waals surface area (Å²) in [4.78, 5) is 16.1. The predicted molar refractivity (Wildman–Crippen MR) is 77.8 cm³/mol. The van der Waals surface area contributed by atoms with E-state index in [1.54, 1.807) is 24.3 Å². The summed E-state index contributed by atoms with van der Waals surface area (Å²) in [5.74, 6) is -0.0139. The van der Waals surface area contributed by atoms with Gasteiger partial charge in [0.25, 0.3) is 5.91 Å². The number of aromatic nitrogens is 1. The molecule has 1 amide bonds. The Kier molecular flexibility index (Phi) is 3.93. The van der Waals surface area contributed by atoms with Gasteiger partial charge in [-0.2, -0.15) is 0 Å². The highest BCUT2D eigenvalue weighted by molar-refractivity contribution is 6.40. The fraction of sp³-hybridized carbons (Fsp3) is 0.0769. The smallest absolute Gasteiger partial charge is 0.259 e. The van der Waals surface area contributed by atoms with Crippen LogP contribution in [0.5, 0.6) is 0 Å². The molecule has 1 aromatic carbocycles. The topological polar surface area (TPSA) is 68.0 Å². The Labute approximate surface area is 120 Å². The fourth-order valence-corrected chi connectivity index (χ4v) is 2.10. The van der Waals surface area contributed by atoms with Crippen molar-refractivity contribution in [3.63, 3.8) is 0 Å². The van der Waals surface area contributed by atoms with Crippen molar-refractivity contribution >= 4 is 40.6 Å². The lowest BCUT2D eigenvalue weighted by Gasteiger charge is -2.09. The first-order valence-electron chi connectivity index (χ1n) is 5.46. The molecule has 0 radical (unpaired) electrons. The van der Waals surface area contributed by atoms with E-state index in [1.165, 1.54) is 6.20 Å². The van der Waals surface area contributed by atoms with Crippen molar-refractivity contribution in [1.82, 2.24) is 4.98 Å². The zero-order valence-corrected chi connectivity index (χ0v) is 11.6. The van der Waals surface area contributed by atoms with Gasteiger partial charge in [0.15, 0.2) is 0 Å². The van der Waals surface area contributed by atoms with E-state index < -0.39 is 5.91 Å². The van der Waals surface area contributed by atoms with Gasteiger partial charge in [0.05, 0.1) is 27.5 Å². The van der Waals surface area contributed by atoms with Gasteiger partial charge in [-0.25, -0.2) is 4.98 Å². The van der Waals surface area contributed by atoms with Crippen LogP contribution in [0.1, 0.15) is 15.9 Å². The van der Waals surface area contributed by atoms with Gasteiger partial charge in [-0.3, -0.25) is 4.79 Å². The highest BCUT2D eigenvalue weighted by atomic mass is 35.5. The average Bonchev–Trinajstić information content (AvgIpc) is 2.33. The molecule has 0 unspecified atom stereocenters. The maximum atomic E-state index is 12.1. The molecule has 0 atom stereocenters. The maximum absolute atomic E-state index is 12.1. The molecular formula is C13H11Cl2N3O. The Hall–Kier alpha value is -1.78. The number of halogens is 2. The monoisotopic (exact) mass is 295 g/mol. The van der Waals surface area contributed by atoms with E-state index in [4.69, 9.17) is 28.9 Å². The summed E-state index contributed by atoms with van der Waals surface area (Å²) in [6, 6.07) is 6.55. The molecule has 0 bridgehead atoms. The Bertz CT molecular complexity index is 624. The largest absolute Gasteiger partial charge is 0.397 e. The van der Waals surface area contributed by atoms with E-state index >= 15 is 0 Å². The van der Waals surface area contributed by atoms with Gasteiger partial charge < -0.3 is 11.1 Å². The lowest BCUT2D eigenvalue weighted by molar-refractivity contribution is 0.102. The molecule has 19 heavy (non-hydrogen) atoms. The van der Waals surface area contributed by atoms with Gasteiger partial charge in [0.1, 0.15) is 5.82 Å². The van der Waals surface area contributed by atoms with E-state index in [0.717, 1.165) is 5.56 Å². The molecular weight excluding hydrogens is 285 g/mol. The van der Waals surface area contributed by atoms with Crippen LogP contribution in [0.2, 0.25) is 10.0 Å². The first kappa shape index (κ1) is 13.6. The summed E-state index contributed by atoms with van der Waals surface area (Å²) in [7, 11) is 0. The molecule has 0 aliphatic carbocycles. The number of nitrogens with zero attached hydrogens (tertiary/aromatic N) is 1. The molecule has 0 aliphatic rings. The van der Waals surface area contributed by atoms with Crippen LogP contribution in [0.15, 0.2) is 30.5 Å². The summed E-state index contributed by atoms with van der Waals surface area (Å²) >= 11 is 11.9. The summed E-state index contributed by atoms with van der Waals surface area (Å²) in [6.07, 6.45) is 1.49. The normalized spacial score (nSPS) is 10.3. The standard InChI is InChI=1S/C13H11Cl2N3O/c1-7-5-11(17-6-10(7)16)18-13(19)12-8(14)3-2-4-9(12)15/h2-6H,16H2,1H3,(H,17,18,19). The first-order valence-corrected chi connectivity index (χ1v) is 6.22. The Morgan fingerprint density at radius 1 is 1.32 bits per heavy atom. The van der Waals surface area contributed by atoms with Crippen molar-refractivity contribution < 1.29 is 4.79 Å². The molecule has 2 aromatic rings. The third-order valence-corrected chi connectivity index (χ3v) is 3.21. The molecule has 1 aromatic heterocycles. The third-order valence-electron chi connectivity index (χ3n) is 2.58. The number of amides is 1. The highest BCUT2D eigenvalue weighted by Gasteiger charge is 2.15. The molecule has 0 fully saturated rings. The van der Waals surface area contributed by atoms with E-state index in [0.29, 0.717) is 11.5 Å². The molecule has 0 saturated carbocycles. The Balaban J connectivity index is 2.28. The number of carbonyl (C=O) groups excluding carboxylic acids is 1. The van der Waals surface area contributed by atoms with Crippen molar-refractivity contribution in [2.75, 3.05) is 11.1 Å². The number of nitrogens with two attached hydrogens (primary N) is 1. The van der Waals surface area contributed by atoms with Crippen LogP contribution in [-0.2, 0) is 0 Å². The summed E-state index contributed by atoms with van der Waals surface area (Å²) in [6.45, 7) is 1.83. The SMILES string of the molecule is Cc1cc(NC(=O)c2c(Cl)cccc2Cl)ncc1N. The quantitative estimate of drug-likeness (QED) is 0.890. The second-order valence-corrected chi connectivity index (χ2v) is 4.79. The van der Waals surface area contributed by atoms with Gasteiger partial charge in [-0.1, -0.05) is 29.3 Å². The molecule has 0 aliphatic heterocycles. The molecule has 2 rings (SSSR count). The van der Waals surface area contributed by atoms with Crippen molar-refractivity contribution in [1.29, 1.82) is 0 Å². The molecule has 0 saturated heterocycles. The van der Waals surface area contributed by atoms with Gasteiger partial charge in [0, 0.05) is 0 Å². The van der Waals surface area contributed by atoms with Crippen molar-refractivity contribution in [2.45, 2.75) is 6.92 Å². The van der Waals surface area contributed by atoms with Crippen molar-refractivity contribution in [3.05, 3.63) is 51.6 Å². The Morgan fingerprint density at radius 3 is 2.53 bits per heavy atom. The molecule has 3 N–H and O–H groups in total. The zero-order valence-electron chi connectivity index (χ0n) is 10.1. The number of rotatable bonds is 2. The zero-order chi connectivity index (χ0) is 14.0. The number of anilines is 2. The van der Waals surface area contributed by atoms with Crippen LogP contribution in [-0.4, -0.2) is 10.9 Å². The molecule has 0 spiro atoms. The second kappa shape index (κ2) is 5.47. The lowest BCUT2D eigenvalue weighted by atomic mass is 10.2. The number of benzene rings is 1. The number of carbonyl (C=O) groups is 1. The molecule has 98 valence electrons. The fourth-order valence-electron chi connectivity index (χ4n) is 1.53. The number of nitrogens with one attached hydrogen (secondary N) is 1. The van der Waals surface area contributed by atoms with Gasteiger partial charge >= 0.3 is 0 Å². The van der Waals surface area contributed by atoms with Crippen LogP contribution >= 0.6 is 23.2 Å². The molecule has 6 heteroatoms. The highest BCUT2D eigenvalue weighted by Crippen LogP contribution is 2.25. The number of pyridine rings is 1. The van der Waals surface area contributed by atoms with Gasteiger partial charge in [-0.05, 0) is 30.7 Å². The van der Waals surface area contributed by atoms with Crippen LogP contribution in [0, 0.1) is 6.92 Å². The van der Waals surface area contributed by atoms with Crippen molar-refractivity contribution in [2.24, 2.45) is 0 Å². The van der Waals surface area contributed by atoms with E-state index in [2.05, 4.69) is 10.3 Å². The number of hydrogen-bond donors (Lipinski definition) is 2. The third kappa shape index (κ3) is 2.97. The summed E-state index contributed by atoms with van der Waals surface area (Å²) < 4.78 is 0. The van der Waals surface area contributed by atoms with Crippen LogP contribution in [0.4, 0.5) is 11.5 Å². The predicted octanol–water partition coefficient (Wildman–Crippen LogP) is 3.53. The minimum atomic E-state index is -0.410. The molecule has 4 nitrogen and oxygen atoms in total. The minimum absolute atomic E-state index is 0.224. The minimum Gasteiger partial charge on any atom is -0.397 e. The second-order valence-electron chi connectivity index (χ2n) is 3.98. The van der Waals surface area contributed by atoms with E-state index in [-0.39, 0.29) is 15.6 Å². The van der Waals surface area contributed by atoms with Crippen LogP contribution < -0.4 is 11.1 Å². The number of hydrogen-bond acceptors (Lipinski definition) is 3. The summed E-state index contributed by atoms with van der Waals surface area (Å²) in [5, 5.41) is 3.21. The van der Waals surface area contributed by atoms with Crippen LogP contribution in [0.25, 0.3) is 0 Å². The first-order chi connectivity index (χ1) is 8.99. The lowest BCUT2D eigenvalue weighted by Crippen LogP contribution is -2.14. The molecule has 1 heterocycles. The number of nitrogen functional groups attached to an aromatic ring is 1. The van der Waals surface area contributed by atoms with Gasteiger partial charge in [0.2, 0.25) is 0 Å². The number of aryl methyl sites for hydroxylation is 1. The van der Waals surface area contributed by atoms with E-state index in [9.17, 15) is 4.79 Å². The maximum Gasteiger partial charge on any atom is 0.259 e. The Morgan fingerprint density at radius 2 is 1.95 bits per heavy atom. The summed E-state index contributed by atoms with van der Waals surface area (Å²) in [5.41, 5.74) is 7.28. The average molecular weight is 296 g/mol.